The molecule has 0 aromatic heterocycles. The molecule has 0 spiro atoms. The monoisotopic (exact) mass is 356 g/mol. The SMILES string of the molecule is Nc1cccc(Cl)c1C(=O)NCc1cc(Br)ccc1F. The van der Waals surface area contributed by atoms with Gasteiger partial charge in [0.15, 0.2) is 0 Å². The number of nitrogen functional groups attached to an aromatic ring is 1. The molecular formula is C14H11BrClFN2O. The first-order valence-electron chi connectivity index (χ1n) is 5.75. The van der Waals surface area contributed by atoms with Crippen molar-refractivity contribution < 1.29 is 9.18 Å². The normalized spacial score (nSPS) is 10.3. The fourth-order valence-corrected chi connectivity index (χ4v) is 2.40. The quantitative estimate of drug-likeness (QED) is 0.822. The Morgan fingerprint density at radius 1 is 1.35 bits per heavy atom. The number of benzene rings is 2. The Kier molecular flexibility index (Phi) is 4.62. The number of hydrogen-bond donors (Lipinski definition) is 2. The van der Waals surface area contributed by atoms with E-state index in [0.29, 0.717) is 5.56 Å². The Morgan fingerprint density at radius 3 is 2.80 bits per heavy atom. The third-order valence-electron chi connectivity index (χ3n) is 2.72. The van der Waals surface area contributed by atoms with Crippen molar-refractivity contribution in [1.82, 2.24) is 5.32 Å². The second-order valence-electron chi connectivity index (χ2n) is 4.12. The molecule has 104 valence electrons. The number of anilines is 1. The summed E-state index contributed by atoms with van der Waals surface area (Å²) in [6, 6.07) is 9.34. The van der Waals surface area contributed by atoms with Gasteiger partial charge in [0.25, 0.3) is 5.91 Å². The van der Waals surface area contributed by atoms with Crippen LogP contribution in [0.5, 0.6) is 0 Å². The van der Waals surface area contributed by atoms with E-state index >= 15 is 0 Å². The number of nitrogens with one attached hydrogen (secondary N) is 1. The number of carbonyl (C=O) groups is 1. The van der Waals surface area contributed by atoms with E-state index in [-0.39, 0.29) is 28.6 Å². The lowest BCUT2D eigenvalue weighted by atomic mass is 10.1. The van der Waals surface area contributed by atoms with Crippen molar-refractivity contribution in [1.29, 1.82) is 0 Å². The summed E-state index contributed by atoms with van der Waals surface area (Å²) < 4.78 is 14.3. The van der Waals surface area contributed by atoms with Gasteiger partial charge in [0.2, 0.25) is 0 Å². The van der Waals surface area contributed by atoms with Crippen LogP contribution < -0.4 is 11.1 Å². The van der Waals surface area contributed by atoms with E-state index in [1.54, 1.807) is 30.3 Å². The van der Waals surface area contributed by atoms with Crippen molar-refractivity contribution in [3.05, 3.63) is 62.8 Å². The number of amides is 1. The molecule has 3 nitrogen and oxygen atoms in total. The van der Waals surface area contributed by atoms with E-state index in [4.69, 9.17) is 17.3 Å². The molecule has 0 bridgehead atoms. The smallest absolute Gasteiger partial charge is 0.255 e. The first-order chi connectivity index (χ1) is 9.49. The van der Waals surface area contributed by atoms with Crippen molar-refractivity contribution in [3.8, 4) is 0 Å². The van der Waals surface area contributed by atoms with Crippen LogP contribution in [0.25, 0.3) is 0 Å². The Bertz CT molecular complexity index is 643. The van der Waals surface area contributed by atoms with Gasteiger partial charge >= 0.3 is 0 Å². The molecule has 6 heteroatoms. The summed E-state index contributed by atoms with van der Waals surface area (Å²) in [4.78, 5) is 12.0. The molecular weight excluding hydrogens is 347 g/mol. The Hall–Kier alpha value is -1.59. The number of rotatable bonds is 3. The molecule has 1 amide bonds. The summed E-state index contributed by atoms with van der Waals surface area (Å²) in [6.07, 6.45) is 0. The van der Waals surface area contributed by atoms with Crippen molar-refractivity contribution in [2.24, 2.45) is 0 Å². The third kappa shape index (κ3) is 3.29. The zero-order chi connectivity index (χ0) is 14.7. The van der Waals surface area contributed by atoms with Crippen LogP contribution in [-0.4, -0.2) is 5.91 Å². The molecule has 0 saturated carbocycles. The largest absolute Gasteiger partial charge is 0.398 e. The fourth-order valence-electron chi connectivity index (χ4n) is 1.72. The molecule has 2 aromatic carbocycles. The van der Waals surface area contributed by atoms with Crippen molar-refractivity contribution in [3.63, 3.8) is 0 Å². The van der Waals surface area contributed by atoms with Crippen LogP contribution in [0.2, 0.25) is 5.02 Å². The minimum atomic E-state index is -0.438. The average molecular weight is 358 g/mol. The summed E-state index contributed by atoms with van der Waals surface area (Å²) in [5.41, 5.74) is 6.57. The third-order valence-corrected chi connectivity index (χ3v) is 3.53. The van der Waals surface area contributed by atoms with Crippen LogP contribution in [0, 0.1) is 5.82 Å². The van der Waals surface area contributed by atoms with Crippen LogP contribution in [0.3, 0.4) is 0 Å². The van der Waals surface area contributed by atoms with Gasteiger partial charge in [-0.3, -0.25) is 4.79 Å². The average Bonchev–Trinajstić information content (AvgIpc) is 2.39. The van der Waals surface area contributed by atoms with E-state index in [1.807, 2.05) is 0 Å². The zero-order valence-corrected chi connectivity index (χ0v) is 12.6. The maximum atomic E-state index is 13.6. The van der Waals surface area contributed by atoms with Crippen LogP contribution >= 0.6 is 27.5 Å². The molecule has 0 aliphatic carbocycles. The number of nitrogens with two attached hydrogens (primary N) is 1. The highest BCUT2D eigenvalue weighted by atomic mass is 79.9. The van der Waals surface area contributed by atoms with Gasteiger partial charge in [-0.05, 0) is 30.3 Å². The van der Waals surface area contributed by atoms with Gasteiger partial charge in [0.05, 0.1) is 10.6 Å². The minimum absolute atomic E-state index is 0.0504. The molecule has 0 radical (unpaired) electrons. The Labute approximate surface area is 129 Å². The highest BCUT2D eigenvalue weighted by Crippen LogP contribution is 2.22. The van der Waals surface area contributed by atoms with Gasteiger partial charge in [0, 0.05) is 22.3 Å². The van der Waals surface area contributed by atoms with Gasteiger partial charge < -0.3 is 11.1 Å². The first-order valence-corrected chi connectivity index (χ1v) is 6.92. The van der Waals surface area contributed by atoms with Gasteiger partial charge in [-0.2, -0.15) is 0 Å². The molecule has 3 N–H and O–H groups in total. The number of halogens is 3. The molecule has 2 rings (SSSR count). The number of carbonyl (C=O) groups excluding carboxylic acids is 1. The van der Waals surface area contributed by atoms with Crippen molar-refractivity contribution >= 4 is 39.1 Å². The predicted molar refractivity (Wildman–Crippen MR) is 81.1 cm³/mol. The van der Waals surface area contributed by atoms with Crippen molar-refractivity contribution in [2.45, 2.75) is 6.54 Å². The molecule has 0 aliphatic heterocycles. The molecule has 0 unspecified atom stereocenters. The summed E-state index contributed by atoms with van der Waals surface area (Å²) in [7, 11) is 0. The van der Waals surface area contributed by atoms with Crippen LogP contribution in [0.15, 0.2) is 40.9 Å². The molecule has 20 heavy (non-hydrogen) atoms. The summed E-state index contributed by atoms with van der Waals surface area (Å²) >= 11 is 9.19. The fraction of sp³-hybridized carbons (Fsp3) is 0.0714. The summed E-state index contributed by atoms with van der Waals surface area (Å²) in [6.45, 7) is 0.0504. The molecule has 0 aliphatic rings. The van der Waals surface area contributed by atoms with E-state index in [0.717, 1.165) is 4.47 Å². The van der Waals surface area contributed by atoms with E-state index in [1.165, 1.54) is 6.07 Å². The Morgan fingerprint density at radius 2 is 2.10 bits per heavy atom. The van der Waals surface area contributed by atoms with Gasteiger partial charge in [-0.1, -0.05) is 33.6 Å². The van der Waals surface area contributed by atoms with Crippen molar-refractivity contribution in [2.75, 3.05) is 5.73 Å². The van der Waals surface area contributed by atoms with Gasteiger partial charge in [-0.15, -0.1) is 0 Å². The van der Waals surface area contributed by atoms with Crippen LogP contribution in [0.1, 0.15) is 15.9 Å². The molecule has 2 aromatic rings. The van der Waals surface area contributed by atoms with E-state index in [9.17, 15) is 9.18 Å². The highest BCUT2D eigenvalue weighted by Gasteiger charge is 2.14. The van der Waals surface area contributed by atoms with E-state index in [2.05, 4.69) is 21.2 Å². The Balaban J connectivity index is 2.15. The molecule has 0 saturated heterocycles. The molecule has 0 heterocycles. The summed E-state index contributed by atoms with van der Waals surface area (Å²) in [5, 5.41) is 2.86. The second-order valence-corrected chi connectivity index (χ2v) is 5.45. The number of hydrogen-bond acceptors (Lipinski definition) is 2. The lowest BCUT2D eigenvalue weighted by Crippen LogP contribution is -2.24. The zero-order valence-electron chi connectivity index (χ0n) is 10.3. The minimum Gasteiger partial charge on any atom is -0.398 e. The van der Waals surface area contributed by atoms with Gasteiger partial charge in [-0.25, -0.2) is 4.39 Å². The lowest BCUT2D eigenvalue weighted by Gasteiger charge is -2.10. The molecule has 0 atom stereocenters. The van der Waals surface area contributed by atoms with Crippen LogP contribution in [0.4, 0.5) is 10.1 Å². The van der Waals surface area contributed by atoms with Crippen LogP contribution in [-0.2, 0) is 6.54 Å². The first kappa shape index (κ1) is 14.8. The predicted octanol–water partition coefficient (Wildman–Crippen LogP) is 3.75. The maximum absolute atomic E-state index is 13.6. The topological polar surface area (TPSA) is 55.1 Å². The standard InChI is InChI=1S/C14H11BrClFN2O/c15-9-4-5-11(17)8(6-9)7-19-14(20)13-10(16)2-1-3-12(13)18/h1-6H,7,18H2,(H,19,20). The summed E-state index contributed by atoms with van der Waals surface area (Å²) in [5.74, 6) is -0.826. The second kappa shape index (κ2) is 6.24. The highest BCUT2D eigenvalue weighted by molar-refractivity contribution is 9.10. The maximum Gasteiger partial charge on any atom is 0.255 e. The molecule has 0 fully saturated rings. The lowest BCUT2D eigenvalue weighted by molar-refractivity contribution is 0.0951. The van der Waals surface area contributed by atoms with E-state index < -0.39 is 5.91 Å². The van der Waals surface area contributed by atoms with Gasteiger partial charge in [0.1, 0.15) is 5.82 Å².